The molecule has 0 radical (unpaired) electrons. The molecule has 0 aliphatic heterocycles. The summed E-state index contributed by atoms with van der Waals surface area (Å²) in [4.78, 5) is 4.45. The van der Waals surface area contributed by atoms with E-state index in [4.69, 9.17) is 10.5 Å². The Morgan fingerprint density at radius 2 is 2.20 bits per heavy atom. The highest BCUT2D eigenvalue weighted by atomic mass is 16.5. The quantitative estimate of drug-likeness (QED) is 0.708. The Bertz CT molecular complexity index is 737. The van der Waals surface area contributed by atoms with Crippen molar-refractivity contribution in [3.63, 3.8) is 0 Å². The molecule has 6 heteroatoms. The summed E-state index contributed by atoms with van der Waals surface area (Å²) in [5.41, 5.74) is 8.30. The van der Waals surface area contributed by atoms with Gasteiger partial charge in [-0.1, -0.05) is 0 Å². The second kappa shape index (κ2) is 5.08. The van der Waals surface area contributed by atoms with Gasteiger partial charge in [0.25, 0.3) is 0 Å². The van der Waals surface area contributed by atoms with Crippen molar-refractivity contribution in [2.45, 2.75) is 6.54 Å². The summed E-state index contributed by atoms with van der Waals surface area (Å²) >= 11 is 0. The first-order chi connectivity index (χ1) is 9.76. The highest BCUT2D eigenvalue weighted by Gasteiger charge is 2.04. The molecule has 0 fully saturated rings. The summed E-state index contributed by atoms with van der Waals surface area (Å²) in [6, 6.07) is 9.30. The zero-order valence-corrected chi connectivity index (χ0v) is 11.1. The molecule has 0 aliphatic carbocycles. The minimum atomic E-state index is 0.589. The molecule has 0 saturated carbocycles. The minimum Gasteiger partial charge on any atom is -0.496 e. The van der Waals surface area contributed by atoms with E-state index in [0.717, 1.165) is 22.8 Å². The molecule has 0 spiro atoms. The Hall–Kier alpha value is -2.76. The van der Waals surface area contributed by atoms with Crippen LogP contribution in [0.3, 0.4) is 0 Å². The van der Waals surface area contributed by atoms with Crippen molar-refractivity contribution < 1.29 is 4.74 Å². The summed E-state index contributed by atoms with van der Waals surface area (Å²) in [7, 11) is 1.64. The fourth-order valence-electron chi connectivity index (χ4n) is 2.03. The van der Waals surface area contributed by atoms with Crippen LogP contribution >= 0.6 is 0 Å². The van der Waals surface area contributed by atoms with Crippen LogP contribution in [0.1, 0.15) is 5.56 Å². The third kappa shape index (κ3) is 2.35. The Kier molecular flexibility index (Phi) is 3.12. The first kappa shape index (κ1) is 12.3. The molecule has 0 amide bonds. The smallest absolute Gasteiger partial charge is 0.157 e. The van der Waals surface area contributed by atoms with Crippen molar-refractivity contribution >= 4 is 17.2 Å². The average Bonchev–Trinajstić information content (AvgIpc) is 2.92. The highest BCUT2D eigenvalue weighted by molar-refractivity contribution is 5.50. The summed E-state index contributed by atoms with van der Waals surface area (Å²) in [5, 5.41) is 7.36. The molecule has 1 aromatic carbocycles. The Morgan fingerprint density at radius 1 is 1.30 bits per heavy atom. The Balaban J connectivity index is 1.80. The third-order valence-electron chi connectivity index (χ3n) is 3.02. The van der Waals surface area contributed by atoms with E-state index >= 15 is 0 Å². The van der Waals surface area contributed by atoms with Gasteiger partial charge < -0.3 is 15.8 Å². The lowest BCUT2D eigenvalue weighted by Gasteiger charge is -2.11. The lowest BCUT2D eigenvalue weighted by atomic mass is 10.2. The van der Waals surface area contributed by atoms with E-state index in [9.17, 15) is 0 Å². The number of nitrogen functional groups attached to an aromatic ring is 1. The number of nitrogens with zero attached hydrogens (tertiary/aromatic N) is 3. The average molecular weight is 269 g/mol. The summed E-state index contributed by atoms with van der Waals surface area (Å²) in [5.74, 6) is 1.58. The number of benzene rings is 1. The molecule has 3 aromatic rings. The number of rotatable bonds is 4. The number of methoxy groups -OCH3 is 1. The van der Waals surface area contributed by atoms with Crippen molar-refractivity contribution in [2.75, 3.05) is 18.2 Å². The standard InChI is InChI=1S/C14H15N5O/c1-20-12-3-2-11(15)8-10(12)9-16-13-5-7-19-14(18-13)4-6-17-19/h2-8H,9,15H2,1H3,(H,16,18). The summed E-state index contributed by atoms with van der Waals surface area (Å²) < 4.78 is 7.03. The maximum Gasteiger partial charge on any atom is 0.157 e. The number of fused-ring (bicyclic) bond motifs is 1. The van der Waals surface area contributed by atoms with Crippen LogP contribution in [-0.2, 0) is 6.54 Å². The Morgan fingerprint density at radius 3 is 3.05 bits per heavy atom. The number of nitrogens with one attached hydrogen (secondary N) is 1. The number of aromatic nitrogens is 3. The van der Waals surface area contributed by atoms with Crippen LogP contribution in [0.2, 0.25) is 0 Å². The zero-order chi connectivity index (χ0) is 13.9. The zero-order valence-electron chi connectivity index (χ0n) is 11.1. The number of ether oxygens (including phenoxy) is 1. The van der Waals surface area contributed by atoms with Crippen LogP contribution in [-0.4, -0.2) is 21.7 Å². The van der Waals surface area contributed by atoms with Crippen molar-refractivity contribution in [3.8, 4) is 5.75 Å². The third-order valence-corrected chi connectivity index (χ3v) is 3.02. The molecule has 0 aliphatic rings. The lowest BCUT2D eigenvalue weighted by molar-refractivity contribution is 0.410. The van der Waals surface area contributed by atoms with E-state index in [1.54, 1.807) is 17.8 Å². The van der Waals surface area contributed by atoms with E-state index in [-0.39, 0.29) is 0 Å². The highest BCUT2D eigenvalue weighted by Crippen LogP contribution is 2.22. The van der Waals surface area contributed by atoms with E-state index in [1.807, 2.05) is 36.5 Å². The molecule has 0 saturated heterocycles. The van der Waals surface area contributed by atoms with Crippen LogP contribution in [0.15, 0.2) is 42.7 Å². The minimum absolute atomic E-state index is 0.589. The van der Waals surface area contributed by atoms with Gasteiger partial charge in [0, 0.05) is 30.1 Å². The van der Waals surface area contributed by atoms with Gasteiger partial charge in [0.15, 0.2) is 5.65 Å². The van der Waals surface area contributed by atoms with Crippen LogP contribution < -0.4 is 15.8 Å². The molecule has 3 rings (SSSR count). The van der Waals surface area contributed by atoms with Gasteiger partial charge in [0.1, 0.15) is 11.6 Å². The topological polar surface area (TPSA) is 77.5 Å². The maximum atomic E-state index is 5.80. The summed E-state index contributed by atoms with van der Waals surface area (Å²) in [6.45, 7) is 0.589. The molecule has 3 N–H and O–H groups in total. The second-order valence-corrected chi connectivity index (χ2v) is 4.37. The molecule has 0 bridgehead atoms. The van der Waals surface area contributed by atoms with Gasteiger partial charge in [0.05, 0.1) is 13.3 Å². The van der Waals surface area contributed by atoms with Gasteiger partial charge in [-0.3, -0.25) is 0 Å². The van der Waals surface area contributed by atoms with E-state index in [0.29, 0.717) is 12.2 Å². The van der Waals surface area contributed by atoms with E-state index in [2.05, 4.69) is 15.4 Å². The molecule has 2 heterocycles. The van der Waals surface area contributed by atoms with E-state index in [1.165, 1.54) is 0 Å². The molecular formula is C14H15N5O. The van der Waals surface area contributed by atoms with Crippen LogP contribution in [0.4, 0.5) is 11.5 Å². The van der Waals surface area contributed by atoms with Gasteiger partial charge >= 0.3 is 0 Å². The van der Waals surface area contributed by atoms with Gasteiger partial charge in [0.2, 0.25) is 0 Å². The van der Waals surface area contributed by atoms with Gasteiger partial charge in [-0.2, -0.15) is 5.10 Å². The fourth-order valence-corrected chi connectivity index (χ4v) is 2.03. The molecule has 6 nitrogen and oxygen atoms in total. The number of hydrogen-bond donors (Lipinski definition) is 2. The first-order valence-electron chi connectivity index (χ1n) is 6.23. The van der Waals surface area contributed by atoms with Crippen molar-refractivity contribution in [2.24, 2.45) is 0 Å². The van der Waals surface area contributed by atoms with Crippen molar-refractivity contribution in [1.29, 1.82) is 0 Å². The van der Waals surface area contributed by atoms with Crippen LogP contribution in [0.25, 0.3) is 5.65 Å². The SMILES string of the molecule is COc1ccc(N)cc1CNc1ccn2nccc2n1. The molecule has 0 unspecified atom stereocenters. The number of anilines is 2. The lowest BCUT2D eigenvalue weighted by Crippen LogP contribution is -2.04. The second-order valence-electron chi connectivity index (χ2n) is 4.37. The van der Waals surface area contributed by atoms with E-state index < -0.39 is 0 Å². The first-order valence-corrected chi connectivity index (χ1v) is 6.23. The number of nitrogens with two attached hydrogens (primary N) is 1. The molecular weight excluding hydrogens is 254 g/mol. The van der Waals surface area contributed by atoms with Gasteiger partial charge in [-0.15, -0.1) is 0 Å². The van der Waals surface area contributed by atoms with Crippen LogP contribution in [0, 0.1) is 0 Å². The predicted molar refractivity (Wildman–Crippen MR) is 77.7 cm³/mol. The fraction of sp³-hybridized carbons (Fsp3) is 0.143. The Labute approximate surface area is 116 Å². The summed E-state index contributed by atoms with van der Waals surface area (Å²) in [6.07, 6.45) is 3.58. The van der Waals surface area contributed by atoms with Gasteiger partial charge in [-0.25, -0.2) is 9.50 Å². The molecule has 2 aromatic heterocycles. The van der Waals surface area contributed by atoms with Crippen molar-refractivity contribution in [3.05, 3.63) is 48.3 Å². The molecule has 20 heavy (non-hydrogen) atoms. The van der Waals surface area contributed by atoms with Gasteiger partial charge in [-0.05, 0) is 24.3 Å². The normalized spacial score (nSPS) is 10.7. The largest absolute Gasteiger partial charge is 0.496 e. The predicted octanol–water partition coefficient (Wildman–Crippen LogP) is 1.93. The van der Waals surface area contributed by atoms with Crippen molar-refractivity contribution in [1.82, 2.24) is 14.6 Å². The van der Waals surface area contributed by atoms with Crippen LogP contribution in [0.5, 0.6) is 5.75 Å². The molecule has 0 atom stereocenters. The number of hydrogen-bond acceptors (Lipinski definition) is 5. The molecule has 102 valence electrons. The maximum absolute atomic E-state index is 5.80. The monoisotopic (exact) mass is 269 g/mol.